The van der Waals surface area contributed by atoms with Crippen LogP contribution in [0.2, 0.25) is 0 Å². The van der Waals surface area contributed by atoms with E-state index in [2.05, 4.69) is 36.2 Å². The Morgan fingerprint density at radius 1 is 1.04 bits per heavy atom. The number of nitrogens with one attached hydrogen (secondary N) is 1. The number of amides is 1. The Labute approximate surface area is 154 Å². The molecule has 0 aliphatic rings. The van der Waals surface area contributed by atoms with E-state index in [4.69, 9.17) is 0 Å². The molecule has 26 heavy (non-hydrogen) atoms. The summed E-state index contributed by atoms with van der Waals surface area (Å²) < 4.78 is 1.81. The molecule has 0 bridgehead atoms. The fraction of sp³-hybridized carbons (Fsp3) is 0.286. The highest BCUT2D eigenvalue weighted by Gasteiger charge is 2.14. The first kappa shape index (κ1) is 17.9. The minimum Gasteiger partial charge on any atom is -0.350 e. The smallest absolute Gasteiger partial charge is 0.251 e. The third kappa shape index (κ3) is 4.36. The van der Waals surface area contributed by atoms with Crippen LogP contribution >= 0.6 is 0 Å². The zero-order valence-corrected chi connectivity index (χ0v) is 15.4. The Balaban J connectivity index is 1.53. The highest BCUT2D eigenvalue weighted by molar-refractivity contribution is 5.94. The molecule has 0 aliphatic heterocycles. The quantitative estimate of drug-likeness (QED) is 0.765. The summed E-state index contributed by atoms with van der Waals surface area (Å²) in [5, 5.41) is 7.43. The summed E-state index contributed by atoms with van der Waals surface area (Å²) in [6.07, 6.45) is 3.65. The lowest BCUT2D eigenvalue weighted by Crippen LogP contribution is -2.27. The fourth-order valence-electron chi connectivity index (χ4n) is 2.64. The van der Waals surface area contributed by atoms with Gasteiger partial charge in [0.15, 0.2) is 0 Å². The SMILES string of the molecule is CC(C)(C)c1ccc(C(=O)NCCn2ccc(-c3ccccn3)n2)cc1. The van der Waals surface area contributed by atoms with Gasteiger partial charge in [-0.2, -0.15) is 5.10 Å². The lowest BCUT2D eigenvalue weighted by Gasteiger charge is -2.19. The summed E-state index contributed by atoms with van der Waals surface area (Å²) in [7, 11) is 0. The molecule has 3 aromatic rings. The summed E-state index contributed by atoms with van der Waals surface area (Å²) in [6, 6.07) is 15.5. The highest BCUT2D eigenvalue weighted by Crippen LogP contribution is 2.22. The van der Waals surface area contributed by atoms with E-state index < -0.39 is 0 Å². The van der Waals surface area contributed by atoms with Crippen molar-refractivity contribution in [1.82, 2.24) is 20.1 Å². The maximum atomic E-state index is 12.3. The molecule has 0 aliphatic carbocycles. The van der Waals surface area contributed by atoms with Gasteiger partial charge in [-0.1, -0.05) is 39.0 Å². The average Bonchev–Trinajstić information content (AvgIpc) is 3.11. The second-order valence-electron chi connectivity index (χ2n) is 7.26. The number of rotatable bonds is 5. The van der Waals surface area contributed by atoms with Gasteiger partial charge in [-0.15, -0.1) is 0 Å². The van der Waals surface area contributed by atoms with Crippen molar-refractivity contribution in [2.75, 3.05) is 6.54 Å². The van der Waals surface area contributed by atoms with Gasteiger partial charge < -0.3 is 5.32 Å². The van der Waals surface area contributed by atoms with Crippen LogP contribution in [0.3, 0.4) is 0 Å². The fourth-order valence-corrected chi connectivity index (χ4v) is 2.64. The van der Waals surface area contributed by atoms with Crippen LogP contribution in [0, 0.1) is 0 Å². The summed E-state index contributed by atoms with van der Waals surface area (Å²) >= 11 is 0. The summed E-state index contributed by atoms with van der Waals surface area (Å²) in [5.74, 6) is -0.0671. The molecule has 0 saturated heterocycles. The maximum absolute atomic E-state index is 12.3. The molecule has 0 spiro atoms. The van der Waals surface area contributed by atoms with Crippen molar-refractivity contribution in [1.29, 1.82) is 0 Å². The number of hydrogen-bond acceptors (Lipinski definition) is 3. The first-order valence-corrected chi connectivity index (χ1v) is 8.77. The minimum atomic E-state index is -0.0671. The standard InChI is InChI=1S/C21H24N4O/c1-21(2,3)17-9-7-16(8-10-17)20(26)23-13-15-25-14-11-19(24-25)18-6-4-5-12-22-18/h4-12,14H,13,15H2,1-3H3,(H,23,26). The van der Waals surface area contributed by atoms with Gasteiger partial charge >= 0.3 is 0 Å². The summed E-state index contributed by atoms with van der Waals surface area (Å²) in [5.41, 5.74) is 3.64. The van der Waals surface area contributed by atoms with Crippen molar-refractivity contribution in [2.24, 2.45) is 0 Å². The minimum absolute atomic E-state index is 0.0671. The van der Waals surface area contributed by atoms with Crippen molar-refractivity contribution in [2.45, 2.75) is 32.7 Å². The number of hydrogen-bond donors (Lipinski definition) is 1. The topological polar surface area (TPSA) is 59.8 Å². The van der Waals surface area contributed by atoms with E-state index in [9.17, 15) is 4.79 Å². The van der Waals surface area contributed by atoms with Crippen LogP contribution in [-0.4, -0.2) is 27.2 Å². The van der Waals surface area contributed by atoms with E-state index in [0.717, 1.165) is 11.4 Å². The average molecular weight is 348 g/mol. The zero-order chi connectivity index (χ0) is 18.6. The molecule has 3 rings (SSSR count). The van der Waals surface area contributed by atoms with E-state index in [0.29, 0.717) is 18.7 Å². The van der Waals surface area contributed by atoms with Crippen molar-refractivity contribution in [3.63, 3.8) is 0 Å². The number of carbonyl (C=O) groups excluding carboxylic acids is 1. The molecule has 1 N–H and O–H groups in total. The Kier molecular flexibility index (Phi) is 5.16. The van der Waals surface area contributed by atoms with Gasteiger partial charge in [-0.05, 0) is 41.3 Å². The Morgan fingerprint density at radius 3 is 2.46 bits per heavy atom. The van der Waals surface area contributed by atoms with Crippen molar-refractivity contribution < 1.29 is 4.79 Å². The van der Waals surface area contributed by atoms with Crippen molar-refractivity contribution in [3.05, 3.63) is 72.1 Å². The van der Waals surface area contributed by atoms with Crippen LogP contribution in [0.1, 0.15) is 36.7 Å². The van der Waals surface area contributed by atoms with Crippen LogP contribution < -0.4 is 5.32 Å². The Morgan fingerprint density at radius 2 is 1.81 bits per heavy atom. The van der Waals surface area contributed by atoms with Gasteiger partial charge in [0, 0.05) is 24.5 Å². The summed E-state index contributed by atoms with van der Waals surface area (Å²) in [6.45, 7) is 7.60. The number of benzene rings is 1. The third-order valence-electron chi connectivity index (χ3n) is 4.21. The number of carbonyl (C=O) groups is 1. The van der Waals surface area contributed by atoms with Crippen molar-refractivity contribution >= 4 is 5.91 Å². The predicted octanol–water partition coefficient (Wildman–Crippen LogP) is 3.67. The lowest BCUT2D eigenvalue weighted by molar-refractivity contribution is 0.0952. The molecule has 0 saturated carbocycles. The molecule has 0 unspecified atom stereocenters. The molecule has 0 atom stereocenters. The molecule has 5 heteroatoms. The van der Waals surface area contributed by atoms with Gasteiger partial charge in [0.05, 0.1) is 12.2 Å². The van der Waals surface area contributed by atoms with E-state index >= 15 is 0 Å². The molecule has 2 aromatic heterocycles. The number of aromatic nitrogens is 3. The predicted molar refractivity (Wildman–Crippen MR) is 103 cm³/mol. The summed E-state index contributed by atoms with van der Waals surface area (Å²) in [4.78, 5) is 16.6. The normalized spacial score (nSPS) is 11.3. The van der Waals surface area contributed by atoms with Gasteiger partial charge in [0.2, 0.25) is 0 Å². The monoisotopic (exact) mass is 348 g/mol. The molecule has 5 nitrogen and oxygen atoms in total. The van der Waals surface area contributed by atoms with Gasteiger partial charge in [-0.25, -0.2) is 0 Å². The first-order valence-electron chi connectivity index (χ1n) is 8.77. The molecule has 1 amide bonds. The van der Waals surface area contributed by atoms with Crippen LogP contribution in [-0.2, 0) is 12.0 Å². The molecule has 134 valence electrons. The number of nitrogens with zero attached hydrogens (tertiary/aromatic N) is 3. The first-order chi connectivity index (χ1) is 12.4. The van der Waals surface area contributed by atoms with Crippen LogP contribution in [0.5, 0.6) is 0 Å². The van der Waals surface area contributed by atoms with Crippen LogP contribution in [0.25, 0.3) is 11.4 Å². The van der Waals surface area contributed by atoms with Gasteiger partial charge in [0.25, 0.3) is 5.91 Å². The Hall–Kier alpha value is -2.95. The molecule has 0 fully saturated rings. The van der Waals surface area contributed by atoms with E-state index in [1.54, 1.807) is 6.20 Å². The van der Waals surface area contributed by atoms with E-state index in [1.807, 2.05) is 59.4 Å². The van der Waals surface area contributed by atoms with Crippen molar-refractivity contribution in [3.8, 4) is 11.4 Å². The van der Waals surface area contributed by atoms with E-state index in [1.165, 1.54) is 5.56 Å². The van der Waals surface area contributed by atoms with E-state index in [-0.39, 0.29) is 11.3 Å². The Bertz CT molecular complexity index is 861. The molecular weight excluding hydrogens is 324 g/mol. The molecule has 0 radical (unpaired) electrons. The molecular formula is C21H24N4O. The van der Waals surface area contributed by atoms with Gasteiger partial charge in [-0.3, -0.25) is 14.5 Å². The number of pyridine rings is 1. The second-order valence-corrected chi connectivity index (χ2v) is 7.26. The van der Waals surface area contributed by atoms with Crippen LogP contribution in [0.4, 0.5) is 0 Å². The maximum Gasteiger partial charge on any atom is 0.251 e. The van der Waals surface area contributed by atoms with Crippen LogP contribution in [0.15, 0.2) is 60.9 Å². The molecule has 2 heterocycles. The lowest BCUT2D eigenvalue weighted by atomic mass is 9.87. The zero-order valence-electron chi connectivity index (χ0n) is 15.4. The van der Waals surface area contributed by atoms with Gasteiger partial charge in [0.1, 0.15) is 5.69 Å². The molecule has 1 aromatic carbocycles. The second kappa shape index (κ2) is 7.52. The largest absolute Gasteiger partial charge is 0.350 e. The highest BCUT2D eigenvalue weighted by atomic mass is 16.1. The third-order valence-corrected chi connectivity index (χ3v) is 4.21.